The first-order valence-corrected chi connectivity index (χ1v) is 8.91. The summed E-state index contributed by atoms with van der Waals surface area (Å²) in [5, 5.41) is 0. The van der Waals surface area contributed by atoms with Gasteiger partial charge < -0.3 is 18.9 Å². The standard InChI is InChI=1S/C20H26N2O3/c1-16-20(24-2)19(23)10-14-22(16)17-6-8-18(9-7-17)25-15-5-13-21-11-3-4-12-21/h6-10,14H,3-5,11-13,15H2,1-2H3. The molecule has 2 aromatic rings. The topological polar surface area (TPSA) is 43.7 Å². The van der Waals surface area contributed by atoms with Gasteiger partial charge in [-0.25, -0.2) is 0 Å². The van der Waals surface area contributed by atoms with E-state index in [1.54, 1.807) is 6.20 Å². The van der Waals surface area contributed by atoms with E-state index in [4.69, 9.17) is 9.47 Å². The molecule has 3 rings (SSSR count). The van der Waals surface area contributed by atoms with Gasteiger partial charge in [-0.05, 0) is 63.5 Å². The Bertz CT molecular complexity index is 747. The summed E-state index contributed by atoms with van der Waals surface area (Å²) in [6.07, 6.45) is 5.49. The molecule has 1 aromatic heterocycles. The second-order valence-electron chi connectivity index (χ2n) is 6.41. The zero-order chi connectivity index (χ0) is 17.6. The molecule has 1 saturated heterocycles. The number of pyridine rings is 1. The number of hydrogen-bond donors (Lipinski definition) is 0. The van der Waals surface area contributed by atoms with Crippen molar-refractivity contribution < 1.29 is 9.47 Å². The molecule has 0 unspecified atom stereocenters. The predicted octanol–water partition coefficient (Wildman–Crippen LogP) is 3.02. The lowest BCUT2D eigenvalue weighted by atomic mass is 10.2. The number of likely N-dealkylation sites (tertiary alicyclic amines) is 1. The summed E-state index contributed by atoms with van der Waals surface area (Å²) in [6, 6.07) is 9.44. The molecule has 0 aliphatic carbocycles. The second-order valence-corrected chi connectivity index (χ2v) is 6.41. The summed E-state index contributed by atoms with van der Waals surface area (Å²) >= 11 is 0. The second kappa shape index (κ2) is 8.21. The highest BCUT2D eigenvalue weighted by atomic mass is 16.5. The highest BCUT2D eigenvalue weighted by Crippen LogP contribution is 2.20. The van der Waals surface area contributed by atoms with E-state index in [0.717, 1.165) is 36.7 Å². The molecular formula is C20H26N2O3. The molecule has 1 aromatic carbocycles. The number of rotatable bonds is 7. The van der Waals surface area contributed by atoms with Crippen molar-refractivity contribution in [2.45, 2.75) is 26.2 Å². The minimum atomic E-state index is -0.103. The number of aromatic nitrogens is 1. The van der Waals surface area contributed by atoms with Crippen LogP contribution < -0.4 is 14.9 Å². The van der Waals surface area contributed by atoms with E-state index in [1.165, 1.54) is 39.1 Å². The molecular weight excluding hydrogens is 316 g/mol. The van der Waals surface area contributed by atoms with Gasteiger partial charge in [-0.1, -0.05) is 0 Å². The number of nitrogens with zero attached hydrogens (tertiary/aromatic N) is 2. The molecule has 0 saturated carbocycles. The fourth-order valence-corrected chi connectivity index (χ4v) is 3.33. The number of ether oxygens (including phenoxy) is 2. The molecule has 134 valence electrons. The van der Waals surface area contributed by atoms with Gasteiger partial charge in [0.1, 0.15) is 5.75 Å². The summed E-state index contributed by atoms with van der Waals surface area (Å²) in [6.45, 7) is 6.20. The predicted molar refractivity (Wildman–Crippen MR) is 99.1 cm³/mol. The van der Waals surface area contributed by atoms with E-state index in [-0.39, 0.29) is 5.43 Å². The zero-order valence-electron chi connectivity index (χ0n) is 15.0. The molecule has 0 bridgehead atoms. The number of methoxy groups -OCH3 is 1. The van der Waals surface area contributed by atoms with Gasteiger partial charge >= 0.3 is 0 Å². The Kier molecular flexibility index (Phi) is 5.76. The van der Waals surface area contributed by atoms with Crippen LogP contribution in [-0.4, -0.2) is 42.8 Å². The van der Waals surface area contributed by atoms with Gasteiger partial charge in [0, 0.05) is 24.5 Å². The molecule has 0 spiro atoms. The molecule has 0 atom stereocenters. The van der Waals surface area contributed by atoms with Crippen LogP contribution in [0.15, 0.2) is 41.3 Å². The number of hydrogen-bond acceptors (Lipinski definition) is 4. The van der Waals surface area contributed by atoms with Crippen LogP contribution in [0.2, 0.25) is 0 Å². The monoisotopic (exact) mass is 342 g/mol. The van der Waals surface area contributed by atoms with E-state index in [1.807, 2.05) is 35.8 Å². The average molecular weight is 342 g/mol. The van der Waals surface area contributed by atoms with Crippen molar-refractivity contribution in [2.75, 3.05) is 33.4 Å². The quantitative estimate of drug-likeness (QED) is 0.726. The van der Waals surface area contributed by atoms with Crippen LogP contribution in [0.3, 0.4) is 0 Å². The van der Waals surface area contributed by atoms with Gasteiger partial charge in [-0.15, -0.1) is 0 Å². The SMILES string of the molecule is COc1c(C)n(-c2ccc(OCCCN3CCCC3)cc2)ccc1=O. The van der Waals surface area contributed by atoms with E-state index in [2.05, 4.69) is 4.90 Å². The maximum Gasteiger partial charge on any atom is 0.223 e. The summed E-state index contributed by atoms with van der Waals surface area (Å²) in [4.78, 5) is 14.3. The van der Waals surface area contributed by atoms with Crippen molar-refractivity contribution in [1.29, 1.82) is 0 Å². The molecule has 1 fully saturated rings. The highest BCUT2D eigenvalue weighted by Gasteiger charge is 2.11. The summed E-state index contributed by atoms with van der Waals surface area (Å²) in [5.74, 6) is 1.25. The molecule has 2 heterocycles. The molecule has 0 amide bonds. The summed E-state index contributed by atoms with van der Waals surface area (Å²) in [7, 11) is 1.52. The van der Waals surface area contributed by atoms with Gasteiger partial charge in [0.25, 0.3) is 0 Å². The van der Waals surface area contributed by atoms with Gasteiger partial charge in [0.15, 0.2) is 5.75 Å². The minimum Gasteiger partial charge on any atom is -0.494 e. The van der Waals surface area contributed by atoms with Crippen molar-refractivity contribution in [3.05, 3.63) is 52.4 Å². The van der Waals surface area contributed by atoms with E-state index in [9.17, 15) is 4.79 Å². The Balaban J connectivity index is 1.59. The average Bonchev–Trinajstić information content (AvgIpc) is 3.13. The third-order valence-electron chi connectivity index (χ3n) is 4.69. The Morgan fingerprint density at radius 3 is 2.48 bits per heavy atom. The highest BCUT2D eigenvalue weighted by molar-refractivity contribution is 5.41. The van der Waals surface area contributed by atoms with Crippen molar-refractivity contribution in [3.63, 3.8) is 0 Å². The molecule has 1 aliphatic rings. The summed E-state index contributed by atoms with van der Waals surface area (Å²) in [5.41, 5.74) is 1.66. The van der Waals surface area contributed by atoms with Crippen LogP contribution in [0.25, 0.3) is 5.69 Å². The maximum absolute atomic E-state index is 11.8. The van der Waals surface area contributed by atoms with Gasteiger partial charge in [0.2, 0.25) is 5.43 Å². The fraction of sp³-hybridized carbons (Fsp3) is 0.450. The largest absolute Gasteiger partial charge is 0.494 e. The first-order chi connectivity index (χ1) is 12.2. The minimum absolute atomic E-state index is 0.103. The summed E-state index contributed by atoms with van der Waals surface area (Å²) < 4.78 is 13.0. The van der Waals surface area contributed by atoms with Crippen molar-refractivity contribution in [2.24, 2.45) is 0 Å². The van der Waals surface area contributed by atoms with Crippen LogP contribution >= 0.6 is 0 Å². The molecule has 1 aliphatic heterocycles. The molecule has 25 heavy (non-hydrogen) atoms. The van der Waals surface area contributed by atoms with Gasteiger partial charge in [-0.3, -0.25) is 4.79 Å². The third kappa shape index (κ3) is 4.23. The van der Waals surface area contributed by atoms with E-state index >= 15 is 0 Å². The van der Waals surface area contributed by atoms with Crippen LogP contribution in [0.5, 0.6) is 11.5 Å². The van der Waals surface area contributed by atoms with Crippen LogP contribution in [-0.2, 0) is 0 Å². The molecule has 0 N–H and O–H groups in total. The van der Waals surface area contributed by atoms with E-state index < -0.39 is 0 Å². The lowest BCUT2D eigenvalue weighted by molar-refractivity contribution is 0.263. The lowest BCUT2D eigenvalue weighted by Crippen LogP contribution is -2.21. The smallest absolute Gasteiger partial charge is 0.223 e. The fourth-order valence-electron chi connectivity index (χ4n) is 3.33. The third-order valence-corrected chi connectivity index (χ3v) is 4.69. The zero-order valence-corrected chi connectivity index (χ0v) is 15.0. The van der Waals surface area contributed by atoms with Crippen LogP contribution in [0.1, 0.15) is 25.0 Å². The molecule has 5 nitrogen and oxygen atoms in total. The Hall–Kier alpha value is -2.27. The van der Waals surface area contributed by atoms with Crippen LogP contribution in [0, 0.1) is 6.92 Å². The number of benzene rings is 1. The molecule has 5 heteroatoms. The Morgan fingerprint density at radius 2 is 1.80 bits per heavy atom. The lowest BCUT2D eigenvalue weighted by Gasteiger charge is -2.15. The van der Waals surface area contributed by atoms with E-state index in [0.29, 0.717) is 5.75 Å². The van der Waals surface area contributed by atoms with Crippen LogP contribution in [0.4, 0.5) is 0 Å². The van der Waals surface area contributed by atoms with Gasteiger partial charge in [-0.2, -0.15) is 0 Å². The van der Waals surface area contributed by atoms with Crippen molar-refractivity contribution in [1.82, 2.24) is 9.47 Å². The Labute approximate surface area is 148 Å². The van der Waals surface area contributed by atoms with Crippen molar-refractivity contribution in [3.8, 4) is 17.2 Å². The van der Waals surface area contributed by atoms with Gasteiger partial charge in [0.05, 0.1) is 19.4 Å². The first-order valence-electron chi connectivity index (χ1n) is 8.91. The normalized spacial score (nSPS) is 14.6. The Morgan fingerprint density at radius 1 is 1.08 bits per heavy atom. The molecule has 0 radical (unpaired) electrons. The first kappa shape index (κ1) is 17.5. The maximum atomic E-state index is 11.8. The van der Waals surface area contributed by atoms with Crippen molar-refractivity contribution >= 4 is 0 Å².